The molecule has 4 nitrogen and oxygen atoms in total. The van der Waals surface area contributed by atoms with E-state index in [1.165, 1.54) is 24.5 Å². The molecule has 2 aromatic rings. The highest BCUT2D eigenvalue weighted by Gasteiger charge is 2.34. The molecule has 0 aliphatic rings. The van der Waals surface area contributed by atoms with Crippen molar-refractivity contribution >= 4 is 17.4 Å². The monoisotopic (exact) mass is 299 g/mol. The molecule has 0 saturated carbocycles. The minimum Gasteiger partial charge on any atom is -0.308 e. The van der Waals surface area contributed by atoms with E-state index in [-0.39, 0.29) is 5.69 Å². The van der Waals surface area contributed by atoms with Crippen LogP contribution in [-0.2, 0) is 6.18 Å². The van der Waals surface area contributed by atoms with E-state index in [1.54, 1.807) is 0 Å². The summed E-state index contributed by atoms with van der Waals surface area (Å²) in [7, 11) is 0. The molecular weight excluding hydrogens is 290 g/mol. The summed E-state index contributed by atoms with van der Waals surface area (Å²) >= 11 is 0. The van der Waals surface area contributed by atoms with Gasteiger partial charge in [-0.15, -0.1) is 0 Å². The van der Waals surface area contributed by atoms with Gasteiger partial charge < -0.3 is 10.6 Å². The van der Waals surface area contributed by atoms with Crippen molar-refractivity contribution in [1.82, 2.24) is 4.98 Å². The number of hydrogen-bond donors (Lipinski definition) is 2. The number of carbonyl (C=O) groups is 1. The van der Waals surface area contributed by atoms with Gasteiger partial charge in [0.2, 0.25) is 0 Å². The van der Waals surface area contributed by atoms with Crippen LogP contribution in [0.15, 0.2) is 42.7 Å². The van der Waals surface area contributed by atoms with Crippen molar-refractivity contribution in [1.29, 1.82) is 0 Å². The number of rotatable bonds is 2. The highest BCUT2D eigenvalue weighted by Crippen LogP contribution is 2.32. The molecule has 8 heteroatoms. The summed E-state index contributed by atoms with van der Waals surface area (Å²) in [5.41, 5.74) is -1.19. The third-order valence-electron chi connectivity index (χ3n) is 2.47. The number of nitrogens with zero attached hydrogens (tertiary/aromatic N) is 1. The lowest BCUT2D eigenvalue weighted by Crippen LogP contribution is -2.20. The Morgan fingerprint density at radius 3 is 2.24 bits per heavy atom. The van der Waals surface area contributed by atoms with Gasteiger partial charge in [0.1, 0.15) is 5.82 Å². The minimum absolute atomic E-state index is 0.171. The molecule has 110 valence electrons. The van der Waals surface area contributed by atoms with Gasteiger partial charge in [0.25, 0.3) is 0 Å². The summed E-state index contributed by atoms with van der Waals surface area (Å²) in [6.45, 7) is 0. The first-order valence-corrected chi connectivity index (χ1v) is 5.71. The number of amides is 2. The predicted octanol–water partition coefficient (Wildman–Crippen LogP) is 3.88. The Hall–Kier alpha value is -2.64. The Morgan fingerprint density at radius 1 is 1.00 bits per heavy atom. The smallest absolute Gasteiger partial charge is 0.308 e. The van der Waals surface area contributed by atoms with Crippen molar-refractivity contribution in [3.05, 3.63) is 54.1 Å². The molecule has 0 atom stereocenters. The fraction of sp³-hybridized carbons (Fsp3) is 0.0769. The summed E-state index contributed by atoms with van der Waals surface area (Å²) in [4.78, 5) is 15.4. The molecule has 0 saturated heterocycles. The topological polar surface area (TPSA) is 54.0 Å². The van der Waals surface area contributed by atoms with Gasteiger partial charge in [-0.3, -0.25) is 4.98 Å². The Balaban J connectivity index is 2.11. The fourth-order valence-corrected chi connectivity index (χ4v) is 1.55. The van der Waals surface area contributed by atoms with Crippen LogP contribution in [0.5, 0.6) is 0 Å². The molecule has 0 unspecified atom stereocenters. The first kappa shape index (κ1) is 14.8. The zero-order valence-electron chi connectivity index (χ0n) is 10.4. The van der Waals surface area contributed by atoms with Crippen molar-refractivity contribution in [2.45, 2.75) is 6.18 Å². The summed E-state index contributed by atoms with van der Waals surface area (Å²) in [5.74, 6) is -1.40. The van der Waals surface area contributed by atoms with Crippen molar-refractivity contribution in [2.75, 3.05) is 10.6 Å². The molecule has 0 fully saturated rings. The molecule has 0 aliphatic heterocycles. The van der Waals surface area contributed by atoms with Crippen molar-refractivity contribution in [3.8, 4) is 0 Å². The second-order valence-electron chi connectivity index (χ2n) is 4.01. The first-order valence-electron chi connectivity index (χ1n) is 5.71. The summed E-state index contributed by atoms with van der Waals surface area (Å²) in [5, 5.41) is 4.59. The average molecular weight is 299 g/mol. The third-order valence-corrected chi connectivity index (χ3v) is 2.47. The third kappa shape index (κ3) is 3.91. The van der Waals surface area contributed by atoms with Crippen LogP contribution in [0, 0.1) is 5.82 Å². The van der Waals surface area contributed by atoms with E-state index in [4.69, 9.17) is 0 Å². The van der Waals surface area contributed by atoms with Crippen LogP contribution in [0.25, 0.3) is 0 Å². The van der Waals surface area contributed by atoms with Gasteiger partial charge in [-0.1, -0.05) is 0 Å². The van der Waals surface area contributed by atoms with Crippen LogP contribution in [0.2, 0.25) is 0 Å². The van der Waals surface area contributed by atoms with Gasteiger partial charge in [-0.25, -0.2) is 9.18 Å². The number of aromatic nitrogens is 1. The lowest BCUT2D eigenvalue weighted by Gasteiger charge is -2.11. The second-order valence-corrected chi connectivity index (χ2v) is 4.01. The van der Waals surface area contributed by atoms with Gasteiger partial charge in [0.15, 0.2) is 0 Å². The first-order chi connectivity index (χ1) is 9.86. The number of alkyl halides is 3. The van der Waals surface area contributed by atoms with Crippen LogP contribution in [0.3, 0.4) is 0 Å². The molecule has 1 heterocycles. The van der Waals surface area contributed by atoms with Gasteiger partial charge in [-0.05, 0) is 30.3 Å². The number of halogens is 4. The van der Waals surface area contributed by atoms with Crippen LogP contribution >= 0.6 is 0 Å². The molecule has 0 bridgehead atoms. The molecule has 2 amide bonds. The van der Waals surface area contributed by atoms with E-state index >= 15 is 0 Å². The number of urea groups is 1. The molecule has 0 radical (unpaired) electrons. The van der Waals surface area contributed by atoms with E-state index in [2.05, 4.69) is 15.6 Å². The minimum atomic E-state index is -4.83. The zero-order valence-corrected chi connectivity index (χ0v) is 10.4. The van der Waals surface area contributed by atoms with Crippen LogP contribution in [0.4, 0.5) is 33.7 Å². The highest BCUT2D eigenvalue weighted by molar-refractivity contribution is 5.99. The van der Waals surface area contributed by atoms with E-state index in [0.29, 0.717) is 17.8 Å². The number of hydrogen-bond acceptors (Lipinski definition) is 2. The molecule has 21 heavy (non-hydrogen) atoms. The number of nitrogens with one attached hydrogen (secondary N) is 2. The SMILES string of the molecule is O=C(Nc1ccncc1)Nc1ccc(F)c(C(F)(F)F)c1. The summed E-state index contributed by atoms with van der Waals surface area (Å²) < 4.78 is 50.7. The van der Waals surface area contributed by atoms with E-state index in [9.17, 15) is 22.4 Å². The lowest BCUT2D eigenvalue weighted by molar-refractivity contribution is -0.139. The molecule has 0 spiro atoms. The highest BCUT2D eigenvalue weighted by atomic mass is 19.4. The summed E-state index contributed by atoms with van der Waals surface area (Å²) in [6, 6.07) is 4.47. The Labute approximate surface area is 116 Å². The summed E-state index contributed by atoms with van der Waals surface area (Å²) in [6.07, 6.45) is -1.95. The predicted molar refractivity (Wildman–Crippen MR) is 68.3 cm³/mol. The van der Waals surface area contributed by atoms with Crippen LogP contribution < -0.4 is 10.6 Å². The molecular formula is C13H9F4N3O. The quantitative estimate of drug-likeness (QED) is 0.827. The number of benzene rings is 1. The number of anilines is 2. The lowest BCUT2D eigenvalue weighted by atomic mass is 10.2. The van der Waals surface area contributed by atoms with E-state index in [1.807, 2.05) is 0 Å². The van der Waals surface area contributed by atoms with E-state index < -0.39 is 23.6 Å². The molecule has 1 aromatic carbocycles. The van der Waals surface area contributed by atoms with Crippen molar-refractivity contribution in [2.24, 2.45) is 0 Å². The maximum atomic E-state index is 13.1. The maximum Gasteiger partial charge on any atom is 0.419 e. The largest absolute Gasteiger partial charge is 0.419 e. The van der Waals surface area contributed by atoms with Gasteiger partial charge in [0, 0.05) is 23.8 Å². The van der Waals surface area contributed by atoms with Crippen LogP contribution in [0.1, 0.15) is 5.56 Å². The second kappa shape index (κ2) is 5.78. The molecule has 0 aliphatic carbocycles. The van der Waals surface area contributed by atoms with Crippen molar-refractivity contribution in [3.63, 3.8) is 0 Å². The van der Waals surface area contributed by atoms with Gasteiger partial charge in [0.05, 0.1) is 5.56 Å². The molecule has 2 N–H and O–H groups in total. The van der Waals surface area contributed by atoms with Crippen LogP contribution in [-0.4, -0.2) is 11.0 Å². The molecule has 2 rings (SSSR count). The van der Waals surface area contributed by atoms with Gasteiger partial charge >= 0.3 is 12.2 Å². The standard InChI is InChI=1S/C13H9F4N3O/c14-11-2-1-9(7-10(11)13(15,16)17)20-12(21)19-8-3-5-18-6-4-8/h1-7H,(H2,18,19,20,21). The normalized spacial score (nSPS) is 11.0. The Kier molecular flexibility index (Phi) is 4.06. The fourth-order valence-electron chi connectivity index (χ4n) is 1.55. The van der Waals surface area contributed by atoms with Crippen molar-refractivity contribution < 1.29 is 22.4 Å². The van der Waals surface area contributed by atoms with Gasteiger partial charge in [-0.2, -0.15) is 13.2 Å². The molecule has 1 aromatic heterocycles. The van der Waals surface area contributed by atoms with E-state index in [0.717, 1.165) is 6.07 Å². The average Bonchev–Trinajstić information content (AvgIpc) is 2.41. The zero-order chi connectivity index (χ0) is 15.5. The number of pyridine rings is 1. The maximum absolute atomic E-state index is 13.1. The number of carbonyl (C=O) groups excluding carboxylic acids is 1. The Bertz CT molecular complexity index is 644. The Morgan fingerprint density at radius 2 is 1.62 bits per heavy atom.